The highest BCUT2D eigenvalue weighted by Gasteiger charge is 2.47. The molecule has 0 amide bonds. The molecule has 69 heavy (non-hydrogen) atoms. The molecule has 394 valence electrons. The van der Waals surface area contributed by atoms with Crippen LogP contribution in [0.15, 0.2) is 97.2 Å². The Morgan fingerprint density at radius 1 is 0.493 bits per heavy atom. The molecule has 2 aliphatic heterocycles. The Balaban J connectivity index is 1.80. The number of aliphatic hydroxyl groups excluding tert-OH is 7. The number of carbonyl (C=O) groups is 1. The van der Waals surface area contributed by atoms with Crippen molar-refractivity contribution >= 4 is 5.97 Å². The van der Waals surface area contributed by atoms with Gasteiger partial charge in [-0.2, -0.15) is 0 Å². The van der Waals surface area contributed by atoms with E-state index in [0.29, 0.717) is 13.0 Å². The van der Waals surface area contributed by atoms with E-state index >= 15 is 0 Å². The number of unbranched alkanes of at least 4 members (excludes halogenated alkanes) is 10. The van der Waals surface area contributed by atoms with Crippen molar-refractivity contribution in [2.45, 2.75) is 210 Å². The molecule has 2 aliphatic rings. The Kier molecular flexibility index (Phi) is 37.3. The third-order valence-electron chi connectivity index (χ3n) is 11.6. The fraction of sp³-hybridized carbons (Fsp3) is 0.691. The van der Waals surface area contributed by atoms with E-state index in [1.54, 1.807) is 6.08 Å². The van der Waals surface area contributed by atoms with E-state index in [1.807, 2.05) is 12.2 Å². The highest BCUT2D eigenvalue weighted by atomic mass is 16.7. The maximum atomic E-state index is 12.9. The summed E-state index contributed by atoms with van der Waals surface area (Å²) in [7, 11) is 0. The van der Waals surface area contributed by atoms with E-state index in [0.717, 1.165) is 70.6 Å². The molecule has 2 rings (SSSR count). The Morgan fingerprint density at radius 3 is 1.48 bits per heavy atom. The van der Waals surface area contributed by atoms with Crippen molar-refractivity contribution in [3.63, 3.8) is 0 Å². The van der Waals surface area contributed by atoms with Crippen molar-refractivity contribution in [2.75, 3.05) is 33.0 Å². The molecule has 0 radical (unpaired) electrons. The third-order valence-corrected chi connectivity index (χ3v) is 11.6. The van der Waals surface area contributed by atoms with E-state index in [1.165, 1.54) is 44.9 Å². The van der Waals surface area contributed by atoms with Crippen LogP contribution in [0.5, 0.6) is 0 Å². The van der Waals surface area contributed by atoms with Crippen LogP contribution in [-0.2, 0) is 33.2 Å². The van der Waals surface area contributed by atoms with Crippen LogP contribution in [0.25, 0.3) is 0 Å². The quantitative estimate of drug-likeness (QED) is 0.0178. The molecule has 0 aromatic carbocycles. The van der Waals surface area contributed by atoms with Gasteiger partial charge in [0.1, 0.15) is 54.9 Å². The van der Waals surface area contributed by atoms with Gasteiger partial charge in [-0.05, 0) is 77.0 Å². The van der Waals surface area contributed by atoms with Gasteiger partial charge in [-0.3, -0.25) is 4.79 Å². The van der Waals surface area contributed by atoms with Crippen LogP contribution in [0.3, 0.4) is 0 Å². The molecule has 11 unspecified atom stereocenters. The first-order chi connectivity index (χ1) is 33.6. The van der Waals surface area contributed by atoms with Gasteiger partial charge < -0.3 is 64.2 Å². The summed E-state index contributed by atoms with van der Waals surface area (Å²) in [4.78, 5) is 12.9. The molecule has 2 saturated heterocycles. The smallest absolute Gasteiger partial charge is 0.310 e. The number of ether oxygens (including phenoxy) is 6. The Bertz CT molecular complexity index is 1500. The normalized spacial score (nSPS) is 26.5. The van der Waals surface area contributed by atoms with Crippen LogP contribution in [-0.4, -0.2) is 142 Å². The fourth-order valence-electron chi connectivity index (χ4n) is 7.42. The first kappa shape index (κ1) is 62.0. The van der Waals surface area contributed by atoms with Crippen molar-refractivity contribution in [2.24, 2.45) is 0 Å². The number of allylic oxidation sites excluding steroid dienone is 15. The lowest BCUT2D eigenvalue weighted by Gasteiger charge is -2.42. The SMILES string of the molecule is CC/C=C\C/C=C\C/C=C\C/C=C\C/C=C\CC(=O)OC(COCCCCCCCCC/C=C\C/C=C\C/C=C\CCCCC)COC1OC(COC2OC(CO)C(O)C(O)C2O)C(O)C(O)C1O. The zero-order valence-electron chi connectivity index (χ0n) is 41.8. The largest absolute Gasteiger partial charge is 0.457 e. The van der Waals surface area contributed by atoms with Crippen LogP contribution >= 0.6 is 0 Å². The van der Waals surface area contributed by atoms with Crippen LogP contribution in [0, 0.1) is 0 Å². The topological polar surface area (TPSA) is 214 Å². The molecule has 0 bridgehead atoms. The lowest BCUT2D eigenvalue weighted by Crippen LogP contribution is -2.61. The van der Waals surface area contributed by atoms with Crippen LogP contribution < -0.4 is 0 Å². The van der Waals surface area contributed by atoms with Gasteiger partial charge in [0.05, 0.1) is 32.8 Å². The highest BCUT2D eigenvalue weighted by molar-refractivity contribution is 5.71. The fourth-order valence-corrected chi connectivity index (χ4v) is 7.42. The summed E-state index contributed by atoms with van der Waals surface area (Å²) < 4.78 is 34.1. The summed E-state index contributed by atoms with van der Waals surface area (Å²) in [6.07, 6.45) is 37.8. The minimum atomic E-state index is -1.73. The highest BCUT2D eigenvalue weighted by Crippen LogP contribution is 2.26. The Hall–Kier alpha value is -3.09. The second-order valence-corrected chi connectivity index (χ2v) is 17.6. The van der Waals surface area contributed by atoms with Crippen LogP contribution in [0.4, 0.5) is 0 Å². The second-order valence-electron chi connectivity index (χ2n) is 17.6. The lowest BCUT2D eigenvalue weighted by atomic mass is 9.98. The molecule has 7 N–H and O–H groups in total. The third kappa shape index (κ3) is 29.1. The van der Waals surface area contributed by atoms with E-state index in [-0.39, 0.29) is 19.6 Å². The number of hydrogen-bond acceptors (Lipinski definition) is 14. The van der Waals surface area contributed by atoms with E-state index in [9.17, 15) is 40.5 Å². The number of aliphatic hydroxyl groups is 7. The maximum Gasteiger partial charge on any atom is 0.310 e. The molecule has 14 nitrogen and oxygen atoms in total. The summed E-state index contributed by atoms with van der Waals surface area (Å²) in [6.45, 7) is 3.36. The maximum absolute atomic E-state index is 12.9. The predicted molar refractivity (Wildman–Crippen MR) is 270 cm³/mol. The number of hydrogen-bond donors (Lipinski definition) is 7. The van der Waals surface area contributed by atoms with Crippen molar-refractivity contribution in [1.82, 2.24) is 0 Å². The first-order valence-electron chi connectivity index (χ1n) is 25.8. The molecule has 11 atom stereocenters. The van der Waals surface area contributed by atoms with Gasteiger partial charge in [0.15, 0.2) is 12.6 Å². The molecular weight excluding hydrogens is 885 g/mol. The van der Waals surface area contributed by atoms with Gasteiger partial charge >= 0.3 is 5.97 Å². The molecule has 14 heteroatoms. The monoisotopic (exact) mass is 975 g/mol. The summed E-state index contributed by atoms with van der Waals surface area (Å²) in [5, 5.41) is 72.1. The van der Waals surface area contributed by atoms with E-state index in [4.69, 9.17) is 28.4 Å². The van der Waals surface area contributed by atoms with Crippen molar-refractivity contribution in [3.8, 4) is 0 Å². The molecule has 2 fully saturated rings. The molecule has 0 spiro atoms. The van der Waals surface area contributed by atoms with Crippen molar-refractivity contribution in [1.29, 1.82) is 0 Å². The molecule has 0 aromatic rings. The molecular formula is C55H90O14. The second kappa shape index (κ2) is 41.5. The van der Waals surface area contributed by atoms with Crippen LogP contribution in [0.2, 0.25) is 0 Å². The van der Waals surface area contributed by atoms with Crippen molar-refractivity contribution < 1.29 is 69.0 Å². The van der Waals surface area contributed by atoms with Gasteiger partial charge in [0.2, 0.25) is 0 Å². The number of esters is 1. The summed E-state index contributed by atoms with van der Waals surface area (Å²) >= 11 is 0. The molecule has 0 aromatic heterocycles. The van der Waals surface area contributed by atoms with Gasteiger partial charge in [-0.1, -0.05) is 156 Å². The van der Waals surface area contributed by atoms with Crippen LogP contribution in [0.1, 0.15) is 142 Å². The molecule has 0 aliphatic carbocycles. The lowest BCUT2D eigenvalue weighted by molar-refractivity contribution is -0.332. The standard InChI is InChI=1S/C55H90O14/c1-3-5-7-9-11-13-15-17-19-20-21-22-23-25-27-29-31-33-35-37-39-64-41-44(67-47(57)38-36-34-32-30-28-26-24-18-16-14-12-10-8-6-4-2)42-65-54-53(63)51(61)49(59)46(69-54)43-66-55-52(62)50(60)48(58)45(40-56)68-55/h6,8,11-14,17-19,21-22,24,28,30,34,36,44-46,48-56,58-63H,3-5,7,9-10,15-16,20,23,25-27,29,31-33,35,37-43H2,1-2H3/b8-6-,13-11-,14-12-,19-17-,22-21-,24-18-,30-28-,36-34-. The van der Waals surface area contributed by atoms with Gasteiger partial charge in [0.25, 0.3) is 0 Å². The Labute approximate surface area is 413 Å². The number of carbonyl (C=O) groups excluding carboxylic acids is 1. The zero-order valence-corrected chi connectivity index (χ0v) is 41.8. The number of rotatable bonds is 39. The average molecular weight is 975 g/mol. The summed E-state index contributed by atoms with van der Waals surface area (Å²) in [5.74, 6) is -0.510. The minimum absolute atomic E-state index is 0.00846. The average Bonchev–Trinajstić information content (AvgIpc) is 3.35. The Morgan fingerprint density at radius 2 is 0.942 bits per heavy atom. The predicted octanol–water partition coefficient (Wildman–Crippen LogP) is 7.85. The van der Waals surface area contributed by atoms with Gasteiger partial charge in [-0.15, -0.1) is 0 Å². The first-order valence-corrected chi connectivity index (χ1v) is 25.8. The van der Waals surface area contributed by atoms with Gasteiger partial charge in [-0.25, -0.2) is 0 Å². The zero-order chi connectivity index (χ0) is 50.2. The van der Waals surface area contributed by atoms with E-state index < -0.39 is 86.7 Å². The summed E-state index contributed by atoms with van der Waals surface area (Å²) in [6, 6.07) is 0. The van der Waals surface area contributed by atoms with Gasteiger partial charge in [0, 0.05) is 6.61 Å². The molecule has 2 heterocycles. The summed E-state index contributed by atoms with van der Waals surface area (Å²) in [5.41, 5.74) is 0. The molecule has 0 saturated carbocycles. The minimum Gasteiger partial charge on any atom is -0.457 e. The van der Waals surface area contributed by atoms with Crippen molar-refractivity contribution in [3.05, 3.63) is 97.2 Å². The van der Waals surface area contributed by atoms with E-state index in [2.05, 4.69) is 92.8 Å².